The molecule has 7 heteroatoms. The number of hydrogen-bond donors (Lipinski definition) is 1. The van der Waals surface area contributed by atoms with Crippen molar-refractivity contribution in [3.8, 4) is 0 Å². The Morgan fingerprint density at radius 1 is 1.17 bits per heavy atom. The molecule has 0 aliphatic rings. The average Bonchev–Trinajstić information content (AvgIpc) is 2.60. The van der Waals surface area contributed by atoms with E-state index in [-0.39, 0.29) is 18.7 Å². The highest BCUT2D eigenvalue weighted by Gasteiger charge is 2.13. The van der Waals surface area contributed by atoms with Gasteiger partial charge in [0.2, 0.25) is 0 Å². The van der Waals surface area contributed by atoms with Crippen LogP contribution in [0.3, 0.4) is 0 Å². The fourth-order valence-electron chi connectivity index (χ4n) is 1.98. The molecular weight excluding hydrogens is 310 g/mol. The largest absolute Gasteiger partial charge is 0.466 e. The molecule has 0 aliphatic heterocycles. The van der Waals surface area contributed by atoms with Crippen LogP contribution in [0.1, 0.15) is 18.9 Å². The average molecular weight is 327 g/mol. The number of nitrogens with zero attached hydrogens (tertiary/aromatic N) is 2. The lowest BCUT2D eigenvalue weighted by molar-refractivity contribution is -0.384. The molecule has 124 valence electrons. The number of carbonyl (C=O) groups excluding carboxylic acids is 1. The molecule has 0 atom stereocenters. The molecule has 0 aromatic heterocycles. The number of para-hydroxylation sites is 1. The van der Waals surface area contributed by atoms with Crippen LogP contribution in [-0.2, 0) is 9.53 Å². The molecule has 2 aromatic carbocycles. The Morgan fingerprint density at radius 3 is 2.42 bits per heavy atom. The van der Waals surface area contributed by atoms with Crippen LogP contribution in [0.25, 0.3) is 0 Å². The van der Waals surface area contributed by atoms with Crippen molar-refractivity contribution in [2.45, 2.75) is 13.3 Å². The Labute approximate surface area is 139 Å². The predicted molar refractivity (Wildman–Crippen MR) is 90.9 cm³/mol. The molecule has 0 unspecified atom stereocenters. The molecule has 1 N–H and O–H groups in total. The van der Waals surface area contributed by atoms with Gasteiger partial charge in [0.1, 0.15) is 0 Å². The highest BCUT2D eigenvalue weighted by atomic mass is 16.6. The Hall–Kier alpha value is -3.22. The Kier molecular flexibility index (Phi) is 6.01. The van der Waals surface area contributed by atoms with Crippen LogP contribution < -0.4 is 5.43 Å². The molecule has 0 fully saturated rings. The van der Waals surface area contributed by atoms with Gasteiger partial charge >= 0.3 is 5.97 Å². The van der Waals surface area contributed by atoms with Gasteiger partial charge in [0, 0.05) is 12.1 Å². The van der Waals surface area contributed by atoms with Gasteiger partial charge in [0.05, 0.1) is 29.4 Å². The van der Waals surface area contributed by atoms with E-state index in [0.29, 0.717) is 11.3 Å². The van der Waals surface area contributed by atoms with Crippen LogP contribution >= 0.6 is 0 Å². The van der Waals surface area contributed by atoms with Crippen molar-refractivity contribution in [3.63, 3.8) is 0 Å². The molecule has 0 spiro atoms. The number of non-ortho nitro benzene ring substituents is 1. The van der Waals surface area contributed by atoms with Gasteiger partial charge < -0.3 is 4.74 Å². The van der Waals surface area contributed by atoms with Crippen LogP contribution in [0.2, 0.25) is 0 Å². The first-order valence-electron chi connectivity index (χ1n) is 7.38. The number of esters is 1. The molecule has 2 rings (SSSR count). The highest BCUT2D eigenvalue weighted by molar-refractivity contribution is 6.09. The van der Waals surface area contributed by atoms with E-state index in [1.165, 1.54) is 12.1 Å². The quantitative estimate of drug-likeness (QED) is 0.364. The molecule has 0 saturated carbocycles. The lowest BCUT2D eigenvalue weighted by Crippen LogP contribution is -2.14. The van der Waals surface area contributed by atoms with Gasteiger partial charge in [0.15, 0.2) is 0 Å². The van der Waals surface area contributed by atoms with Crippen LogP contribution in [0.5, 0.6) is 0 Å². The molecule has 24 heavy (non-hydrogen) atoms. The number of nitrogens with one attached hydrogen (secondary N) is 1. The van der Waals surface area contributed by atoms with E-state index in [4.69, 9.17) is 4.74 Å². The zero-order valence-electron chi connectivity index (χ0n) is 13.1. The van der Waals surface area contributed by atoms with Gasteiger partial charge in [-0.15, -0.1) is 0 Å². The topological polar surface area (TPSA) is 93.8 Å². The van der Waals surface area contributed by atoms with Gasteiger partial charge in [-0.1, -0.05) is 18.2 Å². The second-order valence-electron chi connectivity index (χ2n) is 4.82. The van der Waals surface area contributed by atoms with Crippen molar-refractivity contribution >= 4 is 23.1 Å². The number of nitro groups is 1. The van der Waals surface area contributed by atoms with Crippen LogP contribution in [0, 0.1) is 10.1 Å². The van der Waals surface area contributed by atoms with E-state index < -0.39 is 10.9 Å². The van der Waals surface area contributed by atoms with E-state index in [1.54, 1.807) is 19.1 Å². The molecule has 2 aromatic rings. The SMILES string of the molecule is CCOC(=O)C/C(=N/Nc1ccccc1)c1ccc([N+](=O)[O-])cc1. The number of anilines is 1. The van der Waals surface area contributed by atoms with E-state index >= 15 is 0 Å². The van der Waals surface area contributed by atoms with Crippen molar-refractivity contribution < 1.29 is 14.5 Å². The van der Waals surface area contributed by atoms with Gasteiger partial charge in [0.25, 0.3) is 5.69 Å². The first-order valence-corrected chi connectivity index (χ1v) is 7.38. The number of rotatable bonds is 7. The maximum atomic E-state index is 11.8. The molecule has 0 amide bonds. The van der Waals surface area contributed by atoms with Gasteiger partial charge in [-0.3, -0.25) is 20.3 Å². The third-order valence-electron chi connectivity index (χ3n) is 3.12. The number of ether oxygens (including phenoxy) is 1. The summed E-state index contributed by atoms with van der Waals surface area (Å²) in [5.41, 5.74) is 4.66. The van der Waals surface area contributed by atoms with Crippen molar-refractivity contribution in [1.82, 2.24) is 0 Å². The van der Waals surface area contributed by atoms with Crippen LogP contribution in [-0.4, -0.2) is 23.2 Å². The van der Waals surface area contributed by atoms with Crippen LogP contribution in [0.15, 0.2) is 59.7 Å². The van der Waals surface area contributed by atoms with Crippen molar-refractivity contribution in [1.29, 1.82) is 0 Å². The minimum absolute atomic E-state index is 0.0229. The van der Waals surface area contributed by atoms with Crippen molar-refractivity contribution in [2.75, 3.05) is 12.0 Å². The number of hydrazone groups is 1. The lowest BCUT2D eigenvalue weighted by atomic mass is 10.1. The molecule has 0 aliphatic carbocycles. The number of nitro benzene ring substituents is 1. The molecule has 7 nitrogen and oxygen atoms in total. The second kappa shape index (κ2) is 8.42. The maximum absolute atomic E-state index is 11.8. The number of hydrogen-bond acceptors (Lipinski definition) is 6. The number of carbonyl (C=O) groups is 1. The second-order valence-corrected chi connectivity index (χ2v) is 4.82. The van der Waals surface area contributed by atoms with E-state index in [9.17, 15) is 14.9 Å². The maximum Gasteiger partial charge on any atom is 0.311 e. The zero-order chi connectivity index (χ0) is 17.4. The summed E-state index contributed by atoms with van der Waals surface area (Å²) in [5, 5.41) is 15.0. The highest BCUT2D eigenvalue weighted by Crippen LogP contribution is 2.15. The molecular formula is C17H17N3O4. The summed E-state index contributed by atoms with van der Waals surface area (Å²) in [5.74, 6) is -0.413. The van der Waals surface area contributed by atoms with Crippen molar-refractivity contribution in [2.24, 2.45) is 5.10 Å². The summed E-state index contributed by atoms with van der Waals surface area (Å²) < 4.78 is 4.95. The molecule has 0 heterocycles. The predicted octanol–water partition coefficient (Wildman–Crippen LogP) is 3.36. The van der Waals surface area contributed by atoms with Gasteiger partial charge in [-0.05, 0) is 36.8 Å². The van der Waals surface area contributed by atoms with E-state index in [2.05, 4.69) is 10.5 Å². The first kappa shape index (κ1) is 17.1. The lowest BCUT2D eigenvalue weighted by Gasteiger charge is -2.08. The van der Waals surface area contributed by atoms with Gasteiger partial charge in [-0.25, -0.2) is 0 Å². The Morgan fingerprint density at radius 2 is 1.83 bits per heavy atom. The van der Waals surface area contributed by atoms with Gasteiger partial charge in [-0.2, -0.15) is 5.10 Å². The first-order chi connectivity index (χ1) is 11.6. The van der Waals surface area contributed by atoms with Crippen molar-refractivity contribution in [3.05, 3.63) is 70.3 Å². The third kappa shape index (κ3) is 4.91. The number of benzene rings is 2. The Balaban J connectivity index is 2.24. The summed E-state index contributed by atoms with van der Waals surface area (Å²) >= 11 is 0. The Bertz CT molecular complexity index is 727. The van der Waals surface area contributed by atoms with E-state index in [1.807, 2.05) is 30.3 Å². The minimum Gasteiger partial charge on any atom is -0.466 e. The normalized spacial score (nSPS) is 11.0. The molecule has 0 bridgehead atoms. The summed E-state index contributed by atoms with van der Waals surface area (Å²) in [6, 6.07) is 15.1. The summed E-state index contributed by atoms with van der Waals surface area (Å²) in [6.07, 6.45) is -0.0362. The summed E-state index contributed by atoms with van der Waals surface area (Å²) in [6.45, 7) is 2.00. The van der Waals surface area contributed by atoms with E-state index in [0.717, 1.165) is 5.69 Å². The minimum atomic E-state index is -0.478. The smallest absolute Gasteiger partial charge is 0.311 e. The fraction of sp³-hybridized carbons (Fsp3) is 0.176. The van der Waals surface area contributed by atoms with Crippen LogP contribution in [0.4, 0.5) is 11.4 Å². The molecule has 0 saturated heterocycles. The third-order valence-corrected chi connectivity index (χ3v) is 3.12. The zero-order valence-corrected chi connectivity index (χ0v) is 13.1. The molecule has 0 radical (unpaired) electrons. The summed E-state index contributed by atoms with van der Waals surface area (Å²) in [7, 11) is 0. The monoisotopic (exact) mass is 327 g/mol. The summed E-state index contributed by atoms with van der Waals surface area (Å²) in [4.78, 5) is 22.0. The standard InChI is InChI=1S/C17H17N3O4/c1-2-24-17(21)12-16(19-18-14-6-4-3-5-7-14)13-8-10-15(11-9-13)20(22)23/h3-11,18H,2,12H2,1H3/b19-16-. The fourth-order valence-corrected chi connectivity index (χ4v) is 1.98.